The Labute approximate surface area is 109 Å². The normalized spacial score (nSPS) is 25.2. The summed E-state index contributed by atoms with van der Waals surface area (Å²) in [5, 5.41) is 4.15. The van der Waals surface area contributed by atoms with Crippen LogP contribution in [0, 0.1) is 5.92 Å². The van der Waals surface area contributed by atoms with Crippen molar-refractivity contribution in [3.05, 3.63) is 35.4 Å². The first-order valence-electron chi connectivity index (χ1n) is 6.61. The van der Waals surface area contributed by atoms with E-state index in [1.54, 1.807) is 0 Å². The molecule has 2 unspecified atom stereocenters. The van der Waals surface area contributed by atoms with E-state index in [0.717, 1.165) is 5.92 Å². The largest absolute Gasteiger partial charge is 0.299 e. The molecule has 17 heavy (non-hydrogen) atoms. The fourth-order valence-corrected chi connectivity index (χ4v) is 3.65. The molecule has 0 radical (unpaired) electrons. The summed E-state index contributed by atoms with van der Waals surface area (Å²) in [5.74, 6) is 2.01. The van der Waals surface area contributed by atoms with Gasteiger partial charge in [0, 0.05) is 6.04 Å². The van der Waals surface area contributed by atoms with Gasteiger partial charge in [-0.25, -0.2) is 0 Å². The number of rotatable bonds is 3. The van der Waals surface area contributed by atoms with Crippen LogP contribution in [0.1, 0.15) is 43.7 Å². The highest BCUT2D eigenvalue weighted by Crippen LogP contribution is 2.31. The van der Waals surface area contributed by atoms with Crippen molar-refractivity contribution in [2.45, 2.75) is 45.0 Å². The van der Waals surface area contributed by atoms with Crippen molar-refractivity contribution in [3.63, 3.8) is 0 Å². The Morgan fingerprint density at radius 2 is 2.00 bits per heavy atom. The molecule has 1 aromatic rings. The molecule has 1 saturated heterocycles. The van der Waals surface area contributed by atoms with Crippen LogP contribution in [-0.2, 0) is 6.42 Å². The van der Waals surface area contributed by atoms with E-state index in [9.17, 15) is 0 Å². The molecular weight excluding hydrogens is 226 g/mol. The summed E-state index contributed by atoms with van der Waals surface area (Å²) in [6, 6.07) is 9.81. The first-order valence-corrected chi connectivity index (χ1v) is 7.66. The Kier molecular flexibility index (Phi) is 4.52. The second kappa shape index (κ2) is 5.92. The van der Waals surface area contributed by atoms with E-state index in [-0.39, 0.29) is 0 Å². The van der Waals surface area contributed by atoms with Crippen LogP contribution in [0.25, 0.3) is 0 Å². The lowest BCUT2D eigenvalue weighted by Crippen LogP contribution is -2.33. The van der Waals surface area contributed by atoms with Crippen LogP contribution in [0.3, 0.4) is 0 Å². The van der Waals surface area contributed by atoms with Crippen molar-refractivity contribution >= 4 is 11.8 Å². The molecular formula is C15H23NS. The maximum Gasteiger partial charge on any atom is 0.0791 e. The van der Waals surface area contributed by atoms with Gasteiger partial charge in [-0.15, -0.1) is 11.8 Å². The summed E-state index contributed by atoms with van der Waals surface area (Å²) in [7, 11) is 0. The van der Waals surface area contributed by atoms with Gasteiger partial charge in [-0.2, -0.15) is 0 Å². The molecule has 2 rings (SSSR count). The van der Waals surface area contributed by atoms with Crippen molar-refractivity contribution in [1.82, 2.24) is 5.32 Å². The number of hydrogen-bond donors (Lipinski definition) is 1. The van der Waals surface area contributed by atoms with E-state index >= 15 is 0 Å². The standard InChI is InChI=1S/C15H23NS/c1-11(2)10-13-4-6-14(7-5-13)15-16-12(3)8-9-17-15/h4-7,11-12,15-16H,8-10H2,1-3H3. The van der Waals surface area contributed by atoms with E-state index in [1.165, 1.54) is 29.7 Å². The van der Waals surface area contributed by atoms with Crippen molar-refractivity contribution in [3.8, 4) is 0 Å². The Bertz CT molecular complexity index is 344. The molecule has 0 amide bonds. The van der Waals surface area contributed by atoms with E-state index < -0.39 is 0 Å². The fourth-order valence-electron chi connectivity index (χ4n) is 2.24. The maximum atomic E-state index is 3.66. The van der Waals surface area contributed by atoms with Crippen LogP contribution < -0.4 is 5.32 Å². The van der Waals surface area contributed by atoms with E-state index in [0.29, 0.717) is 11.4 Å². The Morgan fingerprint density at radius 1 is 1.29 bits per heavy atom. The fraction of sp³-hybridized carbons (Fsp3) is 0.600. The van der Waals surface area contributed by atoms with Gasteiger partial charge in [0.15, 0.2) is 0 Å². The quantitative estimate of drug-likeness (QED) is 0.869. The Hall–Kier alpha value is -0.470. The molecule has 1 fully saturated rings. The summed E-state index contributed by atoms with van der Waals surface area (Å²) in [6.07, 6.45) is 2.47. The second-order valence-corrected chi connectivity index (χ2v) is 6.66. The Balaban J connectivity index is 2.01. The lowest BCUT2D eigenvalue weighted by atomic mass is 10.0. The zero-order valence-corrected chi connectivity index (χ0v) is 11.9. The van der Waals surface area contributed by atoms with Crippen molar-refractivity contribution in [2.24, 2.45) is 5.92 Å². The van der Waals surface area contributed by atoms with Crippen LogP contribution in [0.4, 0.5) is 0 Å². The predicted octanol–water partition coefficient (Wildman–Crippen LogP) is 4.00. The number of hydrogen-bond acceptors (Lipinski definition) is 2. The van der Waals surface area contributed by atoms with E-state index in [4.69, 9.17) is 0 Å². The van der Waals surface area contributed by atoms with E-state index in [2.05, 4.69) is 50.4 Å². The third-order valence-electron chi connectivity index (χ3n) is 3.20. The van der Waals surface area contributed by atoms with Gasteiger partial charge in [0.05, 0.1) is 5.37 Å². The molecule has 1 aromatic carbocycles. The summed E-state index contributed by atoms with van der Waals surface area (Å²) < 4.78 is 0. The molecule has 1 nitrogen and oxygen atoms in total. The van der Waals surface area contributed by atoms with Crippen LogP contribution in [0.5, 0.6) is 0 Å². The minimum atomic E-state index is 0.492. The van der Waals surface area contributed by atoms with Gasteiger partial charge in [0.2, 0.25) is 0 Å². The van der Waals surface area contributed by atoms with Crippen molar-refractivity contribution in [2.75, 3.05) is 5.75 Å². The molecule has 94 valence electrons. The number of benzene rings is 1. The summed E-state index contributed by atoms with van der Waals surface area (Å²) in [4.78, 5) is 0. The van der Waals surface area contributed by atoms with Crippen LogP contribution in [0.2, 0.25) is 0 Å². The molecule has 2 heteroatoms. The van der Waals surface area contributed by atoms with Gasteiger partial charge >= 0.3 is 0 Å². The van der Waals surface area contributed by atoms with Crippen LogP contribution in [0.15, 0.2) is 24.3 Å². The highest BCUT2D eigenvalue weighted by molar-refractivity contribution is 7.99. The number of thioether (sulfide) groups is 1. The van der Waals surface area contributed by atoms with Gasteiger partial charge in [-0.3, -0.25) is 5.32 Å². The SMILES string of the molecule is CC(C)Cc1ccc(C2NC(C)CCS2)cc1. The van der Waals surface area contributed by atoms with Crippen molar-refractivity contribution in [1.29, 1.82) is 0 Å². The third-order valence-corrected chi connectivity index (χ3v) is 4.41. The lowest BCUT2D eigenvalue weighted by Gasteiger charge is -2.28. The molecule has 0 spiro atoms. The molecule has 1 aliphatic rings. The second-order valence-electron chi connectivity index (χ2n) is 5.45. The zero-order valence-electron chi connectivity index (χ0n) is 11.1. The third kappa shape index (κ3) is 3.75. The van der Waals surface area contributed by atoms with Gasteiger partial charge in [0.1, 0.15) is 0 Å². The minimum absolute atomic E-state index is 0.492. The predicted molar refractivity (Wildman–Crippen MR) is 77.4 cm³/mol. The highest BCUT2D eigenvalue weighted by Gasteiger charge is 2.19. The first-order chi connectivity index (χ1) is 8.15. The molecule has 1 heterocycles. The van der Waals surface area contributed by atoms with Gasteiger partial charge < -0.3 is 0 Å². The van der Waals surface area contributed by atoms with Gasteiger partial charge in [0.25, 0.3) is 0 Å². The van der Waals surface area contributed by atoms with Crippen LogP contribution >= 0.6 is 11.8 Å². The van der Waals surface area contributed by atoms with Crippen LogP contribution in [-0.4, -0.2) is 11.8 Å². The molecule has 1 aliphatic heterocycles. The molecule has 0 bridgehead atoms. The average Bonchev–Trinajstić information content (AvgIpc) is 2.29. The van der Waals surface area contributed by atoms with Crippen molar-refractivity contribution < 1.29 is 0 Å². The highest BCUT2D eigenvalue weighted by atomic mass is 32.2. The molecule has 0 aromatic heterocycles. The zero-order chi connectivity index (χ0) is 12.3. The molecule has 0 saturated carbocycles. The monoisotopic (exact) mass is 249 g/mol. The van der Waals surface area contributed by atoms with Gasteiger partial charge in [-0.05, 0) is 42.6 Å². The lowest BCUT2D eigenvalue weighted by molar-refractivity contribution is 0.512. The smallest absolute Gasteiger partial charge is 0.0791 e. The average molecular weight is 249 g/mol. The molecule has 1 N–H and O–H groups in total. The topological polar surface area (TPSA) is 12.0 Å². The summed E-state index contributed by atoms with van der Waals surface area (Å²) in [6.45, 7) is 6.82. The Morgan fingerprint density at radius 3 is 2.59 bits per heavy atom. The molecule has 2 atom stereocenters. The number of nitrogens with one attached hydrogen (secondary N) is 1. The van der Waals surface area contributed by atoms with Gasteiger partial charge in [-0.1, -0.05) is 38.1 Å². The first kappa shape index (κ1) is 13.0. The summed E-state index contributed by atoms with van der Waals surface area (Å²) >= 11 is 2.03. The van der Waals surface area contributed by atoms with E-state index in [1.807, 2.05) is 11.8 Å². The minimum Gasteiger partial charge on any atom is -0.299 e. The molecule has 0 aliphatic carbocycles. The summed E-state index contributed by atoms with van der Waals surface area (Å²) in [5.41, 5.74) is 2.88. The maximum absolute atomic E-state index is 3.66.